The van der Waals surface area contributed by atoms with Crippen molar-refractivity contribution in [1.82, 2.24) is 0 Å². The number of hydrogen-bond donors (Lipinski definition) is 0. The summed E-state index contributed by atoms with van der Waals surface area (Å²) in [7, 11) is 0. The minimum absolute atomic E-state index is 0.269. The predicted octanol–water partition coefficient (Wildman–Crippen LogP) is 19.0. The van der Waals surface area contributed by atoms with Gasteiger partial charge in [-0.3, -0.25) is 0 Å². The number of anilines is 3. The van der Waals surface area contributed by atoms with Crippen molar-refractivity contribution in [3.05, 3.63) is 329 Å². The second-order valence-electron chi connectivity index (χ2n) is 21.9. The molecule has 0 unspecified atom stereocenters. The van der Waals surface area contributed by atoms with Crippen LogP contribution >= 0.6 is 0 Å². The van der Waals surface area contributed by atoms with Crippen LogP contribution < -0.4 is 4.90 Å². The molecule has 16 rings (SSSR count). The van der Waals surface area contributed by atoms with Gasteiger partial charge in [-0.15, -0.1) is 0 Å². The molecule has 12 aromatic carbocycles. The second kappa shape index (κ2) is 15.9. The number of benzene rings is 12. The summed E-state index contributed by atoms with van der Waals surface area (Å²) in [4.78, 5) is 2.55. The van der Waals surface area contributed by atoms with Gasteiger partial charge in [-0.05, 0) is 165 Å². The van der Waals surface area contributed by atoms with E-state index in [9.17, 15) is 0 Å². The zero-order valence-electron chi connectivity index (χ0n) is 42.4. The molecule has 1 nitrogen and oxygen atoms in total. The average molecular weight is 966 g/mol. The van der Waals surface area contributed by atoms with Crippen molar-refractivity contribution >= 4 is 27.8 Å². The summed E-state index contributed by atoms with van der Waals surface area (Å²) in [5.74, 6) is 0. The Kier molecular flexibility index (Phi) is 9.00. The minimum atomic E-state index is -0.550. The lowest BCUT2D eigenvalue weighted by Gasteiger charge is -2.35. The van der Waals surface area contributed by atoms with E-state index < -0.39 is 10.8 Å². The summed E-state index contributed by atoms with van der Waals surface area (Å²) < 4.78 is 0. The highest BCUT2D eigenvalue weighted by atomic mass is 15.1. The van der Waals surface area contributed by atoms with E-state index in [4.69, 9.17) is 0 Å². The lowest BCUT2D eigenvalue weighted by molar-refractivity contribution is 0.660. The third-order valence-corrected chi connectivity index (χ3v) is 18.0. The van der Waals surface area contributed by atoms with E-state index in [1.54, 1.807) is 0 Å². The van der Waals surface area contributed by atoms with Gasteiger partial charge in [0.05, 0.1) is 10.8 Å². The maximum Gasteiger partial charge on any atom is 0.0725 e. The fraction of sp³-hybridized carbons (Fsp3) is 0.0667. The molecule has 0 aliphatic heterocycles. The largest absolute Gasteiger partial charge is 0.310 e. The van der Waals surface area contributed by atoms with Crippen molar-refractivity contribution in [3.8, 4) is 55.6 Å². The Balaban J connectivity index is 0.928. The summed E-state index contributed by atoms with van der Waals surface area (Å²) >= 11 is 0. The molecule has 0 bridgehead atoms. The topological polar surface area (TPSA) is 3.24 Å². The van der Waals surface area contributed by atoms with Gasteiger partial charge in [0.2, 0.25) is 0 Å². The molecule has 0 saturated carbocycles. The van der Waals surface area contributed by atoms with E-state index in [1.807, 2.05) is 0 Å². The number of rotatable bonds is 6. The first-order valence-electron chi connectivity index (χ1n) is 26.8. The molecule has 0 saturated heterocycles. The predicted molar refractivity (Wildman–Crippen MR) is 315 cm³/mol. The second-order valence-corrected chi connectivity index (χ2v) is 21.9. The van der Waals surface area contributed by atoms with Gasteiger partial charge in [0.25, 0.3) is 0 Å². The third kappa shape index (κ3) is 5.64. The van der Waals surface area contributed by atoms with Crippen LogP contribution in [0.4, 0.5) is 17.1 Å². The zero-order valence-corrected chi connectivity index (χ0v) is 42.4. The summed E-state index contributed by atoms with van der Waals surface area (Å²) in [6.45, 7) is 4.84. The molecule has 4 aliphatic carbocycles. The molecule has 0 atom stereocenters. The normalized spacial score (nSPS) is 14.8. The van der Waals surface area contributed by atoms with Crippen LogP contribution in [-0.2, 0) is 16.2 Å². The van der Waals surface area contributed by atoms with E-state index in [0.717, 1.165) is 17.1 Å². The van der Waals surface area contributed by atoms with Gasteiger partial charge in [0, 0.05) is 22.5 Å². The third-order valence-electron chi connectivity index (χ3n) is 18.0. The van der Waals surface area contributed by atoms with Crippen molar-refractivity contribution in [3.63, 3.8) is 0 Å². The lowest BCUT2D eigenvalue weighted by atomic mass is 9.67. The molecule has 0 radical (unpaired) electrons. The van der Waals surface area contributed by atoms with Crippen LogP contribution in [0.3, 0.4) is 0 Å². The number of nitrogens with zero attached hydrogens (tertiary/aromatic N) is 1. The Bertz CT molecular complexity index is 4300. The van der Waals surface area contributed by atoms with Crippen LogP contribution in [0.2, 0.25) is 0 Å². The van der Waals surface area contributed by atoms with E-state index in [1.165, 1.54) is 122 Å². The average Bonchev–Trinajstić information content (AvgIpc) is 4.35. The van der Waals surface area contributed by atoms with Gasteiger partial charge < -0.3 is 4.90 Å². The van der Waals surface area contributed by atoms with Crippen LogP contribution in [-0.4, -0.2) is 0 Å². The van der Waals surface area contributed by atoms with Crippen LogP contribution in [0.1, 0.15) is 69.5 Å². The van der Waals surface area contributed by atoms with Crippen LogP contribution in [0, 0.1) is 0 Å². The van der Waals surface area contributed by atoms with Crippen molar-refractivity contribution in [2.24, 2.45) is 0 Å². The Morgan fingerprint density at radius 3 is 1.25 bits per heavy atom. The molecule has 1 spiro atoms. The minimum Gasteiger partial charge on any atom is -0.310 e. The molecule has 76 heavy (non-hydrogen) atoms. The first-order valence-corrected chi connectivity index (χ1v) is 26.8. The fourth-order valence-electron chi connectivity index (χ4n) is 14.8. The van der Waals surface area contributed by atoms with Crippen LogP contribution in [0.5, 0.6) is 0 Å². The van der Waals surface area contributed by atoms with Crippen molar-refractivity contribution < 1.29 is 0 Å². The van der Waals surface area contributed by atoms with Crippen LogP contribution in [0.25, 0.3) is 66.4 Å². The Morgan fingerprint density at radius 1 is 0.250 bits per heavy atom. The van der Waals surface area contributed by atoms with Crippen molar-refractivity contribution in [1.29, 1.82) is 0 Å². The SMILES string of the molecule is CC1(C)c2cc(-c3cccc4ccccc34)ccc2-c2ccc(N(c3ccc4c(c3)-c3ccccc3C43c4ccccc4-c4ccccc43)c3ccc4c(c3)C(c3ccccc3)(c3ccccc3)c3ccccc3-4)cc21. The molecule has 12 aromatic rings. The molecule has 0 amide bonds. The summed E-state index contributed by atoms with van der Waals surface area (Å²) in [6, 6.07) is 103. The monoisotopic (exact) mass is 965 g/mol. The van der Waals surface area contributed by atoms with Crippen molar-refractivity contribution in [2.75, 3.05) is 4.90 Å². The van der Waals surface area contributed by atoms with Gasteiger partial charge in [-0.25, -0.2) is 0 Å². The molecular weight excluding hydrogens is 915 g/mol. The highest BCUT2D eigenvalue weighted by Gasteiger charge is 2.52. The lowest BCUT2D eigenvalue weighted by Crippen LogP contribution is -2.28. The Labute approximate surface area is 444 Å². The van der Waals surface area contributed by atoms with Gasteiger partial charge in [0.1, 0.15) is 0 Å². The molecule has 0 N–H and O–H groups in total. The van der Waals surface area contributed by atoms with Gasteiger partial charge in [-0.2, -0.15) is 0 Å². The van der Waals surface area contributed by atoms with E-state index in [-0.39, 0.29) is 5.41 Å². The summed E-state index contributed by atoms with van der Waals surface area (Å²) in [5.41, 5.74) is 28.2. The Hall–Kier alpha value is -9.30. The standard InChI is InChI=1S/C75H51N/c1-73(2)70-44-49(56-31-19-21-48-20-9-10-26-55(48)56)36-40-61(70)62-41-37-53(46-71(62)73)76(54-38-42-63-59-29-11-15-32-65(59)74(72(63)47-54,50-22-5-3-6-23-50)51-24-7-4-8-25-51)52-39-43-69-64(45-52)60-30-14-18-35-68(60)75(69)66-33-16-12-27-57(66)58-28-13-17-34-67(58)75/h3-47H,1-2H3. The molecule has 0 fully saturated rings. The van der Waals surface area contributed by atoms with Crippen molar-refractivity contribution in [2.45, 2.75) is 30.1 Å². The summed E-state index contributed by atoms with van der Waals surface area (Å²) in [5, 5.41) is 2.54. The van der Waals surface area contributed by atoms with Gasteiger partial charge >= 0.3 is 0 Å². The zero-order chi connectivity index (χ0) is 50.3. The number of fused-ring (bicyclic) bond motifs is 17. The molecule has 356 valence electrons. The van der Waals surface area contributed by atoms with E-state index in [0.29, 0.717) is 0 Å². The van der Waals surface area contributed by atoms with Crippen LogP contribution in [0.15, 0.2) is 273 Å². The van der Waals surface area contributed by atoms with Gasteiger partial charge in [0.15, 0.2) is 0 Å². The maximum atomic E-state index is 2.55. The summed E-state index contributed by atoms with van der Waals surface area (Å²) in [6.07, 6.45) is 0. The van der Waals surface area contributed by atoms with E-state index >= 15 is 0 Å². The quantitative estimate of drug-likeness (QED) is 0.161. The molecule has 0 aromatic heterocycles. The fourth-order valence-corrected chi connectivity index (χ4v) is 14.8. The first kappa shape index (κ1) is 43.1. The highest BCUT2D eigenvalue weighted by Crippen LogP contribution is 2.64. The maximum absolute atomic E-state index is 2.55. The first-order chi connectivity index (χ1) is 37.5. The molecule has 0 heterocycles. The smallest absolute Gasteiger partial charge is 0.0725 e. The molecular formula is C75H51N. The Morgan fingerprint density at radius 2 is 0.645 bits per heavy atom. The number of hydrogen-bond acceptors (Lipinski definition) is 1. The molecule has 1 heteroatoms. The van der Waals surface area contributed by atoms with E-state index in [2.05, 4.69) is 292 Å². The highest BCUT2D eigenvalue weighted by molar-refractivity contribution is 6.00. The van der Waals surface area contributed by atoms with Gasteiger partial charge in [-0.1, -0.05) is 244 Å². The molecule has 4 aliphatic rings.